The van der Waals surface area contributed by atoms with Crippen molar-refractivity contribution in [1.82, 2.24) is 0 Å². The van der Waals surface area contributed by atoms with Gasteiger partial charge in [0.05, 0.1) is 5.41 Å². The zero-order valence-corrected chi connectivity index (χ0v) is 9.24. The molecule has 0 bridgehead atoms. The fourth-order valence-electron chi connectivity index (χ4n) is 3.08. The van der Waals surface area contributed by atoms with Gasteiger partial charge in [0.2, 0.25) is 0 Å². The summed E-state index contributed by atoms with van der Waals surface area (Å²) in [5, 5.41) is 9.48. The first-order valence-electron chi connectivity index (χ1n) is 6.12. The van der Waals surface area contributed by atoms with E-state index in [2.05, 4.69) is 0 Å². The first kappa shape index (κ1) is 10.9. The zero-order valence-electron chi connectivity index (χ0n) is 9.24. The number of carboxylic acids is 1. The molecule has 15 heavy (non-hydrogen) atoms. The Hall–Kier alpha value is -0.570. The SMILES string of the molecule is NCC(CC1CC1)(C(=O)O)C1CCCC1. The van der Waals surface area contributed by atoms with Gasteiger partial charge in [-0.25, -0.2) is 0 Å². The normalized spacial score (nSPS) is 26.5. The molecule has 2 fully saturated rings. The van der Waals surface area contributed by atoms with E-state index in [9.17, 15) is 9.90 Å². The second-order valence-electron chi connectivity index (χ2n) is 5.29. The van der Waals surface area contributed by atoms with Crippen LogP contribution in [0.4, 0.5) is 0 Å². The van der Waals surface area contributed by atoms with Gasteiger partial charge in [-0.3, -0.25) is 4.79 Å². The number of carbonyl (C=O) groups is 1. The lowest BCUT2D eigenvalue weighted by Gasteiger charge is -2.34. The van der Waals surface area contributed by atoms with E-state index in [-0.39, 0.29) is 0 Å². The molecule has 2 saturated carbocycles. The largest absolute Gasteiger partial charge is 0.481 e. The number of rotatable bonds is 5. The molecule has 3 nitrogen and oxygen atoms in total. The molecular formula is C12H21NO2. The Bertz CT molecular complexity index is 244. The molecule has 3 heteroatoms. The van der Waals surface area contributed by atoms with Gasteiger partial charge in [-0.05, 0) is 31.1 Å². The summed E-state index contributed by atoms with van der Waals surface area (Å²) in [5.74, 6) is 0.328. The van der Waals surface area contributed by atoms with Crippen molar-refractivity contribution < 1.29 is 9.90 Å². The van der Waals surface area contributed by atoms with Gasteiger partial charge in [-0.1, -0.05) is 25.7 Å². The molecule has 0 aromatic carbocycles. The minimum absolute atomic E-state index is 0.323. The van der Waals surface area contributed by atoms with Crippen LogP contribution in [0.1, 0.15) is 44.9 Å². The predicted molar refractivity (Wildman–Crippen MR) is 58.4 cm³/mol. The monoisotopic (exact) mass is 211 g/mol. The van der Waals surface area contributed by atoms with E-state index in [1.807, 2.05) is 0 Å². The lowest BCUT2D eigenvalue weighted by atomic mass is 9.70. The van der Waals surface area contributed by atoms with E-state index >= 15 is 0 Å². The number of carboxylic acid groups (broad SMARTS) is 1. The molecular weight excluding hydrogens is 190 g/mol. The standard InChI is InChI=1S/C12H21NO2/c13-8-12(11(14)15,7-9-5-6-9)10-3-1-2-4-10/h9-10H,1-8,13H2,(H,14,15). The molecule has 0 aromatic rings. The molecule has 2 aliphatic rings. The van der Waals surface area contributed by atoms with Crippen LogP contribution in [-0.4, -0.2) is 17.6 Å². The molecule has 1 atom stereocenters. The summed E-state index contributed by atoms with van der Waals surface area (Å²) in [4.78, 5) is 11.5. The summed E-state index contributed by atoms with van der Waals surface area (Å²) < 4.78 is 0. The topological polar surface area (TPSA) is 63.3 Å². The van der Waals surface area contributed by atoms with Crippen molar-refractivity contribution >= 4 is 5.97 Å². The van der Waals surface area contributed by atoms with Gasteiger partial charge in [-0.15, -0.1) is 0 Å². The van der Waals surface area contributed by atoms with Gasteiger partial charge in [0.1, 0.15) is 0 Å². The molecule has 2 aliphatic carbocycles. The molecule has 0 saturated heterocycles. The maximum Gasteiger partial charge on any atom is 0.311 e. The molecule has 1 unspecified atom stereocenters. The van der Waals surface area contributed by atoms with Crippen LogP contribution >= 0.6 is 0 Å². The van der Waals surface area contributed by atoms with E-state index < -0.39 is 11.4 Å². The first-order chi connectivity index (χ1) is 7.19. The summed E-state index contributed by atoms with van der Waals surface area (Å²) in [6, 6.07) is 0. The smallest absolute Gasteiger partial charge is 0.311 e. The van der Waals surface area contributed by atoms with E-state index in [1.165, 1.54) is 25.7 Å². The minimum Gasteiger partial charge on any atom is -0.481 e. The van der Waals surface area contributed by atoms with E-state index in [0.717, 1.165) is 19.3 Å². The van der Waals surface area contributed by atoms with Gasteiger partial charge in [0.25, 0.3) is 0 Å². The van der Waals surface area contributed by atoms with Crippen LogP contribution in [0.25, 0.3) is 0 Å². The number of hydrogen-bond donors (Lipinski definition) is 2. The van der Waals surface area contributed by atoms with Gasteiger partial charge in [-0.2, -0.15) is 0 Å². The maximum atomic E-state index is 11.5. The number of aliphatic carboxylic acids is 1. The Morgan fingerprint density at radius 2 is 1.87 bits per heavy atom. The summed E-state index contributed by atoms with van der Waals surface area (Å²) in [7, 11) is 0. The van der Waals surface area contributed by atoms with E-state index in [1.54, 1.807) is 0 Å². The van der Waals surface area contributed by atoms with Gasteiger partial charge in [0.15, 0.2) is 0 Å². The third kappa shape index (κ3) is 2.03. The van der Waals surface area contributed by atoms with Crippen molar-refractivity contribution in [2.45, 2.75) is 44.9 Å². The van der Waals surface area contributed by atoms with Crippen molar-refractivity contribution in [2.75, 3.05) is 6.54 Å². The van der Waals surface area contributed by atoms with Crippen LogP contribution in [0.2, 0.25) is 0 Å². The highest BCUT2D eigenvalue weighted by Crippen LogP contribution is 2.48. The molecule has 0 spiro atoms. The van der Waals surface area contributed by atoms with Crippen molar-refractivity contribution in [3.8, 4) is 0 Å². The highest BCUT2D eigenvalue weighted by molar-refractivity contribution is 5.75. The minimum atomic E-state index is -0.649. The lowest BCUT2D eigenvalue weighted by Crippen LogP contribution is -2.44. The van der Waals surface area contributed by atoms with Gasteiger partial charge >= 0.3 is 5.97 Å². The molecule has 86 valence electrons. The fourth-order valence-corrected chi connectivity index (χ4v) is 3.08. The third-order valence-corrected chi connectivity index (χ3v) is 4.28. The summed E-state index contributed by atoms with van der Waals surface area (Å²) in [5.41, 5.74) is 5.18. The van der Waals surface area contributed by atoms with Crippen molar-refractivity contribution in [3.63, 3.8) is 0 Å². The molecule has 3 N–H and O–H groups in total. The number of nitrogens with two attached hydrogens (primary N) is 1. The highest BCUT2D eigenvalue weighted by atomic mass is 16.4. The van der Waals surface area contributed by atoms with Crippen LogP contribution in [0.15, 0.2) is 0 Å². The first-order valence-corrected chi connectivity index (χ1v) is 6.12. The molecule has 0 aliphatic heterocycles. The van der Waals surface area contributed by atoms with E-state index in [0.29, 0.717) is 18.4 Å². The highest BCUT2D eigenvalue weighted by Gasteiger charge is 2.48. The fraction of sp³-hybridized carbons (Fsp3) is 0.917. The van der Waals surface area contributed by atoms with Crippen LogP contribution < -0.4 is 5.73 Å². The summed E-state index contributed by atoms with van der Waals surface area (Å²) in [6.45, 7) is 0.323. The molecule has 0 amide bonds. The average molecular weight is 211 g/mol. The van der Waals surface area contributed by atoms with Gasteiger partial charge < -0.3 is 10.8 Å². The third-order valence-electron chi connectivity index (χ3n) is 4.28. The number of hydrogen-bond acceptors (Lipinski definition) is 2. The maximum absolute atomic E-state index is 11.5. The molecule has 2 rings (SSSR count). The van der Waals surface area contributed by atoms with Crippen LogP contribution in [0.5, 0.6) is 0 Å². The second kappa shape index (κ2) is 4.12. The summed E-state index contributed by atoms with van der Waals surface area (Å²) >= 11 is 0. The molecule has 0 radical (unpaired) electrons. The lowest BCUT2D eigenvalue weighted by molar-refractivity contribution is -0.152. The Morgan fingerprint density at radius 1 is 1.27 bits per heavy atom. The average Bonchev–Trinajstić information content (AvgIpc) is 2.85. The zero-order chi connectivity index (χ0) is 10.9. The van der Waals surface area contributed by atoms with Crippen molar-refractivity contribution in [3.05, 3.63) is 0 Å². The Balaban J connectivity index is 2.13. The Labute approximate surface area is 91.0 Å². The van der Waals surface area contributed by atoms with Gasteiger partial charge in [0, 0.05) is 6.54 Å². The van der Waals surface area contributed by atoms with Crippen LogP contribution in [0, 0.1) is 17.3 Å². The Kier molecular flexibility index (Phi) is 3.01. The van der Waals surface area contributed by atoms with Crippen LogP contribution in [0.3, 0.4) is 0 Å². The Morgan fingerprint density at radius 3 is 2.27 bits per heavy atom. The van der Waals surface area contributed by atoms with Crippen molar-refractivity contribution in [1.29, 1.82) is 0 Å². The second-order valence-corrected chi connectivity index (χ2v) is 5.29. The molecule has 0 heterocycles. The van der Waals surface area contributed by atoms with E-state index in [4.69, 9.17) is 5.73 Å². The predicted octanol–water partition coefficient (Wildman–Crippen LogP) is 2.01. The van der Waals surface area contributed by atoms with Crippen molar-refractivity contribution in [2.24, 2.45) is 23.0 Å². The summed E-state index contributed by atoms with van der Waals surface area (Å²) in [6.07, 6.45) is 7.74. The van der Waals surface area contributed by atoms with Crippen LogP contribution in [-0.2, 0) is 4.79 Å². The quantitative estimate of drug-likeness (QED) is 0.731. The molecule has 0 aromatic heterocycles.